The van der Waals surface area contributed by atoms with E-state index in [1.807, 2.05) is 32.0 Å². The monoisotopic (exact) mass is 401 g/mol. The van der Waals surface area contributed by atoms with E-state index in [1.54, 1.807) is 17.0 Å². The topological polar surface area (TPSA) is 110 Å². The summed E-state index contributed by atoms with van der Waals surface area (Å²) in [5.74, 6) is -0.686. The minimum absolute atomic E-state index is 0.0213. The number of carbonyl (C=O) groups is 2. The third-order valence-electron chi connectivity index (χ3n) is 5.02. The van der Waals surface area contributed by atoms with Crippen molar-refractivity contribution < 1.29 is 18.0 Å². The number of benzene rings is 2. The number of rotatable bonds is 5. The smallest absolute Gasteiger partial charge is 0.238 e. The Bertz CT molecular complexity index is 1020. The van der Waals surface area contributed by atoms with Crippen LogP contribution in [0.5, 0.6) is 0 Å². The largest absolute Gasteiger partial charge is 0.352 e. The van der Waals surface area contributed by atoms with Crippen molar-refractivity contribution in [1.82, 2.24) is 5.32 Å². The number of nitrogens with zero attached hydrogens (tertiary/aromatic N) is 1. The Balaban J connectivity index is 1.61. The maximum atomic E-state index is 12.5. The number of aryl methyl sites for hydroxylation is 2. The summed E-state index contributed by atoms with van der Waals surface area (Å²) >= 11 is 0. The van der Waals surface area contributed by atoms with E-state index in [9.17, 15) is 18.0 Å². The maximum Gasteiger partial charge on any atom is 0.238 e. The number of hydrogen-bond acceptors (Lipinski definition) is 4. The number of amides is 2. The Morgan fingerprint density at radius 3 is 2.43 bits per heavy atom. The predicted octanol–water partition coefficient (Wildman–Crippen LogP) is 1.62. The Morgan fingerprint density at radius 1 is 1.14 bits per heavy atom. The molecule has 0 saturated carbocycles. The standard InChI is InChI=1S/C20H23N3O4S/c1-13-3-6-17(9-14(13)2)23-12-16(10-19(23)24)20(25)22-11-15-4-7-18(8-5-15)28(21,26)27/h3-9,16H,10-12H2,1-2H3,(H,22,25)(H2,21,26,27)/t16-/m0/s1. The van der Waals surface area contributed by atoms with Gasteiger partial charge in [0.1, 0.15) is 0 Å². The lowest BCUT2D eigenvalue weighted by Crippen LogP contribution is -2.32. The molecule has 1 aliphatic heterocycles. The van der Waals surface area contributed by atoms with Gasteiger partial charge in [0.15, 0.2) is 0 Å². The van der Waals surface area contributed by atoms with Crippen LogP contribution in [0.2, 0.25) is 0 Å². The van der Waals surface area contributed by atoms with Crippen LogP contribution in [0.1, 0.15) is 23.1 Å². The van der Waals surface area contributed by atoms with Gasteiger partial charge in [0, 0.05) is 25.2 Å². The minimum atomic E-state index is -3.74. The van der Waals surface area contributed by atoms with Crippen LogP contribution >= 0.6 is 0 Å². The fraction of sp³-hybridized carbons (Fsp3) is 0.300. The zero-order valence-electron chi connectivity index (χ0n) is 15.8. The number of carbonyl (C=O) groups excluding carboxylic acids is 2. The Morgan fingerprint density at radius 2 is 1.82 bits per heavy atom. The van der Waals surface area contributed by atoms with Gasteiger partial charge in [-0.25, -0.2) is 13.6 Å². The lowest BCUT2D eigenvalue weighted by atomic mass is 10.1. The molecule has 0 aliphatic carbocycles. The first-order valence-corrected chi connectivity index (χ1v) is 10.5. The molecule has 3 N–H and O–H groups in total. The molecule has 148 valence electrons. The van der Waals surface area contributed by atoms with Gasteiger partial charge in [0.05, 0.1) is 10.8 Å². The lowest BCUT2D eigenvalue weighted by molar-refractivity contribution is -0.126. The van der Waals surface area contributed by atoms with Crippen molar-refractivity contribution in [3.63, 3.8) is 0 Å². The SMILES string of the molecule is Cc1ccc(N2C[C@@H](C(=O)NCc3ccc(S(N)(=O)=O)cc3)CC2=O)cc1C. The fourth-order valence-electron chi connectivity index (χ4n) is 3.16. The van der Waals surface area contributed by atoms with E-state index in [2.05, 4.69) is 5.32 Å². The lowest BCUT2D eigenvalue weighted by Gasteiger charge is -2.18. The predicted molar refractivity (Wildman–Crippen MR) is 106 cm³/mol. The zero-order chi connectivity index (χ0) is 20.5. The Hall–Kier alpha value is -2.71. The van der Waals surface area contributed by atoms with Crippen LogP contribution < -0.4 is 15.4 Å². The van der Waals surface area contributed by atoms with E-state index in [0.29, 0.717) is 6.54 Å². The molecule has 1 fully saturated rings. The summed E-state index contributed by atoms with van der Waals surface area (Å²) in [6, 6.07) is 11.8. The van der Waals surface area contributed by atoms with Crippen molar-refractivity contribution in [3.8, 4) is 0 Å². The van der Waals surface area contributed by atoms with Crippen molar-refractivity contribution in [1.29, 1.82) is 0 Å². The molecule has 1 aliphatic rings. The molecule has 1 saturated heterocycles. The van der Waals surface area contributed by atoms with E-state index in [0.717, 1.165) is 22.4 Å². The van der Waals surface area contributed by atoms with Gasteiger partial charge in [-0.3, -0.25) is 9.59 Å². The van der Waals surface area contributed by atoms with Crippen LogP contribution in [0.25, 0.3) is 0 Å². The van der Waals surface area contributed by atoms with Crippen molar-refractivity contribution in [2.75, 3.05) is 11.4 Å². The first-order chi connectivity index (χ1) is 13.1. The molecule has 8 heteroatoms. The van der Waals surface area contributed by atoms with Gasteiger partial charge in [-0.15, -0.1) is 0 Å². The number of primary sulfonamides is 1. The summed E-state index contributed by atoms with van der Waals surface area (Å²) in [6.07, 6.45) is 0.170. The molecular formula is C20H23N3O4S. The zero-order valence-corrected chi connectivity index (χ0v) is 16.6. The normalized spacial score (nSPS) is 17.0. The van der Waals surface area contributed by atoms with Crippen LogP contribution in [0.15, 0.2) is 47.4 Å². The molecule has 0 unspecified atom stereocenters. The highest BCUT2D eigenvalue weighted by molar-refractivity contribution is 7.89. The Kier molecular flexibility index (Phi) is 5.53. The summed E-state index contributed by atoms with van der Waals surface area (Å²) < 4.78 is 22.5. The fourth-order valence-corrected chi connectivity index (χ4v) is 3.67. The molecule has 0 bridgehead atoms. The van der Waals surface area contributed by atoms with Gasteiger partial charge < -0.3 is 10.2 Å². The van der Waals surface area contributed by atoms with Crippen molar-refractivity contribution in [3.05, 3.63) is 59.2 Å². The van der Waals surface area contributed by atoms with Gasteiger partial charge in [-0.1, -0.05) is 18.2 Å². The quantitative estimate of drug-likeness (QED) is 0.793. The third-order valence-corrected chi connectivity index (χ3v) is 5.95. The van der Waals surface area contributed by atoms with E-state index >= 15 is 0 Å². The Labute approximate surface area is 164 Å². The van der Waals surface area contributed by atoms with Crippen molar-refractivity contribution in [2.24, 2.45) is 11.1 Å². The average Bonchev–Trinajstić information content (AvgIpc) is 3.03. The van der Waals surface area contributed by atoms with Gasteiger partial charge in [0.2, 0.25) is 21.8 Å². The molecular weight excluding hydrogens is 378 g/mol. The van der Waals surface area contributed by atoms with E-state index in [1.165, 1.54) is 12.1 Å². The number of hydrogen-bond donors (Lipinski definition) is 2. The molecule has 0 spiro atoms. The number of nitrogens with two attached hydrogens (primary N) is 1. The van der Waals surface area contributed by atoms with E-state index < -0.39 is 15.9 Å². The molecule has 7 nitrogen and oxygen atoms in total. The number of sulfonamides is 1. The van der Waals surface area contributed by atoms with Crippen LogP contribution in [0.3, 0.4) is 0 Å². The van der Waals surface area contributed by atoms with Crippen LogP contribution in [0.4, 0.5) is 5.69 Å². The van der Waals surface area contributed by atoms with Crippen LogP contribution in [0, 0.1) is 19.8 Å². The first kappa shape index (κ1) is 20.0. The van der Waals surface area contributed by atoms with E-state index in [4.69, 9.17) is 5.14 Å². The summed E-state index contributed by atoms with van der Waals surface area (Å²) in [4.78, 5) is 26.5. The van der Waals surface area contributed by atoms with Gasteiger partial charge in [0.25, 0.3) is 0 Å². The summed E-state index contributed by atoms with van der Waals surface area (Å²) in [5.41, 5.74) is 3.80. The van der Waals surface area contributed by atoms with Crippen LogP contribution in [-0.2, 0) is 26.2 Å². The van der Waals surface area contributed by atoms with Crippen LogP contribution in [-0.4, -0.2) is 26.8 Å². The average molecular weight is 401 g/mol. The highest BCUT2D eigenvalue weighted by Gasteiger charge is 2.35. The molecule has 1 atom stereocenters. The van der Waals surface area contributed by atoms with Crippen molar-refractivity contribution in [2.45, 2.75) is 31.7 Å². The second kappa shape index (κ2) is 7.73. The minimum Gasteiger partial charge on any atom is -0.352 e. The number of nitrogens with one attached hydrogen (secondary N) is 1. The van der Waals surface area contributed by atoms with Gasteiger partial charge in [-0.05, 0) is 54.8 Å². The number of anilines is 1. The molecule has 2 aromatic rings. The maximum absolute atomic E-state index is 12.5. The molecule has 0 radical (unpaired) electrons. The molecule has 2 amide bonds. The molecule has 1 heterocycles. The summed E-state index contributed by atoms with van der Waals surface area (Å²) in [5, 5.41) is 7.88. The molecule has 28 heavy (non-hydrogen) atoms. The highest BCUT2D eigenvalue weighted by atomic mass is 32.2. The second-order valence-electron chi connectivity index (χ2n) is 7.08. The molecule has 3 rings (SSSR count). The first-order valence-electron chi connectivity index (χ1n) is 8.92. The summed E-state index contributed by atoms with van der Waals surface area (Å²) in [6.45, 7) is 4.59. The molecule has 0 aromatic heterocycles. The van der Waals surface area contributed by atoms with E-state index in [-0.39, 0.29) is 29.7 Å². The molecule has 2 aromatic carbocycles. The third kappa shape index (κ3) is 4.40. The van der Waals surface area contributed by atoms with Crippen molar-refractivity contribution >= 4 is 27.5 Å². The summed E-state index contributed by atoms with van der Waals surface area (Å²) in [7, 11) is -3.74. The second-order valence-corrected chi connectivity index (χ2v) is 8.64. The van der Waals surface area contributed by atoms with Gasteiger partial charge >= 0.3 is 0 Å². The van der Waals surface area contributed by atoms with Gasteiger partial charge in [-0.2, -0.15) is 0 Å². The highest BCUT2D eigenvalue weighted by Crippen LogP contribution is 2.27.